The summed E-state index contributed by atoms with van der Waals surface area (Å²) in [6.07, 6.45) is 1.59. The Morgan fingerprint density at radius 2 is 1.95 bits per heavy atom. The molecule has 43 heavy (non-hydrogen) atoms. The van der Waals surface area contributed by atoms with Crippen LogP contribution in [-0.4, -0.2) is 73.0 Å². The first kappa shape index (κ1) is 32.8. The molecule has 4 bridgehead atoms. The fourth-order valence-corrected chi connectivity index (χ4v) is 5.92. The SMILES string of the molecule is COc1cc2cc(c1Cl)NC(=O)CC(OC(=O)C(C)C)C1(C)OC1C(C)C1CC(O)(NC(=O)O1)C(OC)C=CC=C(C)C2. The van der Waals surface area contributed by atoms with Crippen LogP contribution >= 0.6 is 11.6 Å². The molecule has 12 heteroatoms. The minimum atomic E-state index is -1.77. The van der Waals surface area contributed by atoms with Crippen LogP contribution in [0.2, 0.25) is 5.02 Å². The summed E-state index contributed by atoms with van der Waals surface area (Å²) in [5.41, 5.74) is -0.698. The number of carbonyl (C=O) groups excluding carboxylic acids is 3. The van der Waals surface area contributed by atoms with Gasteiger partial charge in [0.1, 0.15) is 34.7 Å². The highest BCUT2D eigenvalue weighted by Gasteiger charge is 2.64. The Balaban J connectivity index is 1.76. The molecule has 7 unspecified atom stereocenters. The van der Waals surface area contributed by atoms with Gasteiger partial charge in [-0.1, -0.05) is 56.2 Å². The number of allylic oxidation sites excluding steroid dienone is 3. The Kier molecular flexibility index (Phi) is 9.80. The van der Waals surface area contributed by atoms with Crippen LogP contribution in [0.5, 0.6) is 5.75 Å². The predicted octanol–water partition coefficient (Wildman–Crippen LogP) is 4.30. The number of alkyl carbamates (subject to hydrolysis) is 1. The van der Waals surface area contributed by atoms with Gasteiger partial charge in [0.05, 0.1) is 31.2 Å². The summed E-state index contributed by atoms with van der Waals surface area (Å²) < 4.78 is 28.6. The standard InChI is InChI=1S/C31H41ClN2O9/c1-16(2)28(36)42-24-14-25(35)33-20-12-19(13-21(39-6)26(20)32)11-17(3)9-8-10-23(40-7)31(38)15-22(41-29(37)34-31)18(4)27-30(24,5)43-27/h8-10,12-13,16,18,22-24,27,38H,11,14-15H2,1-7H3,(H,33,35)(H,34,37). The van der Waals surface area contributed by atoms with E-state index in [0.717, 1.165) is 11.1 Å². The van der Waals surface area contributed by atoms with Gasteiger partial charge in [0.25, 0.3) is 0 Å². The van der Waals surface area contributed by atoms with Crippen molar-refractivity contribution in [3.8, 4) is 5.75 Å². The molecule has 0 aromatic heterocycles. The van der Waals surface area contributed by atoms with E-state index in [1.54, 1.807) is 45.1 Å². The van der Waals surface area contributed by atoms with Gasteiger partial charge < -0.3 is 34.1 Å². The molecule has 1 aromatic rings. The molecule has 1 aromatic carbocycles. The number of carbonyl (C=O) groups is 3. The van der Waals surface area contributed by atoms with E-state index < -0.39 is 65.5 Å². The zero-order chi connectivity index (χ0) is 31.7. The first-order chi connectivity index (χ1) is 20.2. The molecule has 2 fully saturated rings. The largest absolute Gasteiger partial charge is 0.495 e. The van der Waals surface area contributed by atoms with E-state index in [-0.39, 0.29) is 17.9 Å². The second kappa shape index (κ2) is 12.9. The molecule has 4 rings (SSSR count). The highest BCUT2D eigenvalue weighted by atomic mass is 35.5. The number of fused-ring (bicyclic) bond motifs is 5. The van der Waals surface area contributed by atoms with E-state index in [1.165, 1.54) is 14.2 Å². The minimum Gasteiger partial charge on any atom is -0.495 e. The number of hydrogen-bond acceptors (Lipinski definition) is 9. The maximum atomic E-state index is 13.4. The Hall–Kier alpha value is -3.12. The lowest BCUT2D eigenvalue weighted by molar-refractivity contribution is -0.157. The van der Waals surface area contributed by atoms with Crippen molar-refractivity contribution in [2.75, 3.05) is 19.5 Å². The molecular weight excluding hydrogens is 580 g/mol. The number of esters is 1. The molecule has 3 N–H and O–H groups in total. The third-order valence-electron chi connectivity index (χ3n) is 8.25. The normalized spacial score (nSPS) is 33.0. The average Bonchev–Trinajstić information content (AvgIpc) is 3.63. The van der Waals surface area contributed by atoms with E-state index >= 15 is 0 Å². The molecular formula is C31H41ClN2O9. The lowest BCUT2D eigenvalue weighted by atomic mass is 9.83. The highest BCUT2D eigenvalue weighted by Crippen LogP contribution is 2.49. The van der Waals surface area contributed by atoms with Crippen LogP contribution in [0.15, 0.2) is 35.9 Å². The summed E-state index contributed by atoms with van der Waals surface area (Å²) >= 11 is 6.57. The molecule has 0 aliphatic carbocycles. The number of aliphatic hydroxyl groups is 1. The number of hydrogen-bond donors (Lipinski definition) is 3. The number of amides is 2. The Morgan fingerprint density at radius 3 is 2.60 bits per heavy atom. The van der Waals surface area contributed by atoms with Crippen LogP contribution in [0.4, 0.5) is 10.5 Å². The van der Waals surface area contributed by atoms with Gasteiger partial charge >= 0.3 is 12.1 Å². The molecule has 11 nitrogen and oxygen atoms in total. The van der Waals surface area contributed by atoms with Crippen LogP contribution in [0, 0.1) is 11.8 Å². The molecule has 7 atom stereocenters. The van der Waals surface area contributed by atoms with Crippen molar-refractivity contribution in [2.45, 2.75) is 89.6 Å². The minimum absolute atomic E-state index is 0.00243. The van der Waals surface area contributed by atoms with Crippen LogP contribution in [0.3, 0.4) is 0 Å². The summed E-state index contributed by atoms with van der Waals surface area (Å²) in [6, 6.07) is 3.56. The average molecular weight is 621 g/mol. The first-order valence-electron chi connectivity index (χ1n) is 14.3. The van der Waals surface area contributed by atoms with Gasteiger partial charge in [-0.2, -0.15) is 0 Å². The van der Waals surface area contributed by atoms with Crippen LogP contribution in [-0.2, 0) is 35.0 Å². The van der Waals surface area contributed by atoms with Gasteiger partial charge in [0.15, 0.2) is 5.72 Å². The summed E-state index contributed by atoms with van der Waals surface area (Å²) in [7, 11) is 2.94. The molecule has 0 spiro atoms. The fourth-order valence-electron chi connectivity index (χ4n) is 5.68. The van der Waals surface area contributed by atoms with Gasteiger partial charge in [-0.3, -0.25) is 14.9 Å². The molecule has 2 saturated heterocycles. The topological polar surface area (TPSA) is 145 Å². The van der Waals surface area contributed by atoms with Crippen molar-refractivity contribution < 1.29 is 43.2 Å². The van der Waals surface area contributed by atoms with E-state index in [9.17, 15) is 19.5 Å². The Bertz CT molecular complexity index is 1310. The maximum Gasteiger partial charge on any atom is 0.409 e. The second-order valence-corrected chi connectivity index (χ2v) is 12.4. The van der Waals surface area contributed by atoms with Crippen molar-refractivity contribution in [3.05, 3.63) is 46.5 Å². The third-order valence-corrected chi connectivity index (χ3v) is 8.64. The zero-order valence-electron chi connectivity index (χ0n) is 25.6. The molecule has 2 amide bonds. The number of ether oxygens (including phenoxy) is 5. The van der Waals surface area contributed by atoms with Crippen molar-refractivity contribution >= 4 is 35.3 Å². The van der Waals surface area contributed by atoms with E-state index in [0.29, 0.717) is 17.9 Å². The van der Waals surface area contributed by atoms with Crippen molar-refractivity contribution in [3.63, 3.8) is 0 Å². The quantitative estimate of drug-likeness (QED) is 0.331. The smallest absolute Gasteiger partial charge is 0.409 e. The Morgan fingerprint density at radius 1 is 1.23 bits per heavy atom. The van der Waals surface area contributed by atoms with Crippen molar-refractivity contribution in [1.82, 2.24) is 5.32 Å². The molecule has 3 aliphatic heterocycles. The zero-order valence-corrected chi connectivity index (χ0v) is 26.3. The van der Waals surface area contributed by atoms with Gasteiger partial charge in [0.2, 0.25) is 5.91 Å². The van der Waals surface area contributed by atoms with Gasteiger partial charge in [0, 0.05) is 19.4 Å². The number of epoxide rings is 1. The molecule has 236 valence electrons. The van der Waals surface area contributed by atoms with Crippen LogP contribution in [0.25, 0.3) is 0 Å². The summed E-state index contributed by atoms with van der Waals surface area (Å²) in [6.45, 7) is 8.91. The first-order valence-corrected chi connectivity index (χ1v) is 14.7. The number of anilines is 1. The maximum absolute atomic E-state index is 13.4. The lowest BCUT2D eigenvalue weighted by Crippen LogP contribution is -2.63. The summed E-state index contributed by atoms with van der Waals surface area (Å²) in [4.78, 5) is 38.8. The Labute approximate surface area is 256 Å². The van der Waals surface area contributed by atoms with Crippen molar-refractivity contribution in [2.24, 2.45) is 11.8 Å². The number of benzene rings is 1. The van der Waals surface area contributed by atoms with E-state index in [4.69, 9.17) is 35.3 Å². The van der Waals surface area contributed by atoms with E-state index in [1.807, 2.05) is 19.9 Å². The van der Waals surface area contributed by atoms with Crippen LogP contribution in [0.1, 0.15) is 53.0 Å². The highest BCUT2D eigenvalue weighted by molar-refractivity contribution is 6.35. The van der Waals surface area contributed by atoms with Gasteiger partial charge in [-0.15, -0.1) is 0 Å². The number of halogens is 1. The number of nitrogens with one attached hydrogen (secondary N) is 2. The summed E-state index contributed by atoms with van der Waals surface area (Å²) in [5, 5.41) is 17.2. The molecule has 0 saturated carbocycles. The monoisotopic (exact) mass is 620 g/mol. The molecule has 3 aliphatic rings. The van der Waals surface area contributed by atoms with E-state index in [2.05, 4.69) is 10.6 Å². The summed E-state index contributed by atoms with van der Waals surface area (Å²) in [5.74, 6) is -1.41. The number of rotatable bonds is 4. The number of methoxy groups -OCH3 is 2. The van der Waals surface area contributed by atoms with Gasteiger partial charge in [-0.25, -0.2) is 4.79 Å². The second-order valence-electron chi connectivity index (χ2n) is 12.0. The molecule has 0 radical (unpaired) electrons. The predicted molar refractivity (Wildman–Crippen MR) is 159 cm³/mol. The molecule has 3 heterocycles. The van der Waals surface area contributed by atoms with Crippen molar-refractivity contribution in [1.29, 1.82) is 0 Å². The fraction of sp³-hybridized carbons (Fsp3) is 0.581. The lowest BCUT2D eigenvalue weighted by Gasteiger charge is -2.42. The van der Waals surface area contributed by atoms with Crippen LogP contribution < -0.4 is 15.4 Å². The van der Waals surface area contributed by atoms with Gasteiger partial charge in [-0.05, 0) is 38.0 Å². The third kappa shape index (κ3) is 7.17.